The van der Waals surface area contributed by atoms with E-state index in [9.17, 15) is 4.79 Å². The summed E-state index contributed by atoms with van der Waals surface area (Å²) in [4.78, 5) is 15.3. The van der Waals surface area contributed by atoms with Gasteiger partial charge in [0.25, 0.3) is 0 Å². The van der Waals surface area contributed by atoms with Crippen LogP contribution in [0.5, 0.6) is 0 Å². The second-order valence-corrected chi connectivity index (χ2v) is 9.84. The SMILES string of the molecule is CC1(CC2(c3ccccc3)CCN([C@H](c3ccc(Br)cc3)C3CC3)C(=O)O2)CO1. The van der Waals surface area contributed by atoms with Crippen molar-refractivity contribution in [3.05, 3.63) is 70.2 Å². The molecule has 0 N–H and O–H groups in total. The number of rotatable bonds is 6. The van der Waals surface area contributed by atoms with Crippen molar-refractivity contribution >= 4 is 22.0 Å². The average Bonchev–Trinajstić information content (AvgIpc) is 3.65. The van der Waals surface area contributed by atoms with Gasteiger partial charge in [-0.3, -0.25) is 0 Å². The van der Waals surface area contributed by atoms with Gasteiger partial charge in [-0.15, -0.1) is 0 Å². The summed E-state index contributed by atoms with van der Waals surface area (Å²) >= 11 is 3.51. The first-order valence-electron chi connectivity index (χ1n) is 10.4. The molecule has 1 aliphatic carbocycles. The first kappa shape index (κ1) is 19.1. The van der Waals surface area contributed by atoms with Crippen LogP contribution in [0.1, 0.15) is 49.8 Å². The molecule has 3 atom stereocenters. The summed E-state index contributed by atoms with van der Waals surface area (Å²) in [7, 11) is 0. The van der Waals surface area contributed by atoms with Crippen LogP contribution in [-0.2, 0) is 15.1 Å². The smallest absolute Gasteiger partial charge is 0.411 e. The molecule has 2 aliphatic heterocycles. The Bertz CT molecular complexity index is 892. The summed E-state index contributed by atoms with van der Waals surface area (Å²) in [6, 6.07) is 18.6. The predicted molar refractivity (Wildman–Crippen MR) is 115 cm³/mol. The number of carbonyl (C=O) groups is 1. The molecule has 0 bridgehead atoms. The van der Waals surface area contributed by atoms with Crippen LogP contribution in [0.15, 0.2) is 59.1 Å². The predicted octanol–water partition coefficient (Wildman–Crippen LogP) is 5.82. The Kier molecular flexibility index (Phi) is 4.71. The zero-order valence-corrected chi connectivity index (χ0v) is 18.2. The van der Waals surface area contributed by atoms with E-state index in [1.165, 1.54) is 18.4 Å². The van der Waals surface area contributed by atoms with Gasteiger partial charge < -0.3 is 14.4 Å². The van der Waals surface area contributed by atoms with Gasteiger partial charge in [0, 0.05) is 23.9 Å². The Balaban J connectivity index is 1.43. The van der Waals surface area contributed by atoms with Crippen molar-refractivity contribution in [1.82, 2.24) is 4.90 Å². The van der Waals surface area contributed by atoms with Crippen LogP contribution in [0.25, 0.3) is 0 Å². The van der Waals surface area contributed by atoms with Crippen molar-refractivity contribution in [2.45, 2.75) is 49.9 Å². The molecule has 1 amide bonds. The van der Waals surface area contributed by atoms with Crippen LogP contribution in [0.3, 0.4) is 0 Å². The zero-order chi connectivity index (χ0) is 20.1. The fourth-order valence-electron chi connectivity index (χ4n) is 4.70. The van der Waals surface area contributed by atoms with E-state index >= 15 is 0 Å². The number of hydrogen-bond acceptors (Lipinski definition) is 3. The highest BCUT2D eigenvalue weighted by Crippen LogP contribution is 2.50. The average molecular weight is 456 g/mol. The summed E-state index contributed by atoms with van der Waals surface area (Å²) in [5, 5.41) is 0. The maximum atomic E-state index is 13.4. The molecule has 2 saturated heterocycles. The summed E-state index contributed by atoms with van der Waals surface area (Å²) in [6.07, 6.45) is 3.61. The van der Waals surface area contributed by atoms with Gasteiger partial charge in [0.1, 0.15) is 5.60 Å². The summed E-state index contributed by atoms with van der Waals surface area (Å²) in [5.74, 6) is 0.525. The van der Waals surface area contributed by atoms with Crippen LogP contribution in [0.2, 0.25) is 0 Å². The Morgan fingerprint density at radius 1 is 1.14 bits per heavy atom. The van der Waals surface area contributed by atoms with Crippen molar-refractivity contribution in [1.29, 1.82) is 0 Å². The maximum absolute atomic E-state index is 13.4. The van der Waals surface area contributed by atoms with Crippen molar-refractivity contribution in [2.75, 3.05) is 13.2 Å². The lowest BCUT2D eigenvalue weighted by Gasteiger charge is -2.45. The molecule has 3 fully saturated rings. The molecule has 5 rings (SSSR count). The van der Waals surface area contributed by atoms with Gasteiger partial charge in [-0.25, -0.2) is 4.79 Å². The summed E-state index contributed by atoms with van der Waals surface area (Å²) in [5.41, 5.74) is 1.45. The minimum atomic E-state index is -0.617. The van der Waals surface area contributed by atoms with Gasteiger partial charge >= 0.3 is 6.09 Å². The number of epoxide rings is 1. The minimum absolute atomic E-state index is 0.0946. The van der Waals surface area contributed by atoms with Gasteiger partial charge in [0.05, 0.1) is 18.2 Å². The molecule has 2 aromatic rings. The Morgan fingerprint density at radius 3 is 2.41 bits per heavy atom. The van der Waals surface area contributed by atoms with Crippen molar-refractivity contribution in [2.24, 2.45) is 5.92 Å². The molecular weight excluding hydrogens is 430 g/mol. The number of ether oxygens (including phenoxy) is 2. The minimum Gasteiger partial charge on any atom is -0.438 e. The van der Waals surface area contributed by atoms with Crippen LogP contribution in [0.4, 0.5) is 4.79 Å². The standard InChI is InChI=1S/C24H26BrNO3/c1-23(16-28-23)15-24(19-5-3-2-4-6-19)13-14-26(22(27)29-24)21(17-7-8-17)18-9-11-20(25)12-10-18/h2-6,9-12,17,21H,7-8,13-16H2,1H3/t21-,23?,24?/m0/s1. The maximum Gasteiger partial charge on any atom is 0.411 e. The second kappa shape index (κ2) is 7.13. The Labute approximate surface area is 180 Å². The number of hydrogen-bond donors (Lipinski definition) is 0. The van der Waals surface area contributed by atoms with Crippen molar-refractivity contribution in [3.8, 4) is 0 Å². The largest absolute Gasteiger partial charge is 0.438 e. The number of nitrogens with zero attached hydrogens (tertiary/aromatic N) is 1. The molecule has 2 unspecified atom stereocenters. The van der Waals surface area contributed by atoms with E-state index in [-0.39, 0.29) is 17.7 Å². The van der Waals surface area contributed by atoms with Crippen LogP contribution in [0, 0.1) is 5.92 Å². The van der Waals surface area contributed by atoms with Gasteiger partial charge in [-0.05, 0) is 48.9 Å². The van der Waals surface area contributed by atoms with E-state index in [1.54, 1.807) is 0 Å². The molecular formula is C24H26BrNO3. The molecule has 1 saturated carbocycles. The van der Waals surface area contributed by atoms with E-state index in [4.69, 9.17) is 9.47 Å². The molecule has 0 aromatic heterocycles. The molecule has 3 aliphatic rings. The Hall–Kier alpha value is -1.85. The fraction of sp³-hybridized carbons (Fsp3) is 0.458. The lowest BCUT2D eigenvalue weighted by Crippen LogP contribution is -2.51. The number of halogens is 1. The second-order valence-electron chi connectivity index (χ2n) is 8.92. The normalized spacial score (nSPS) is 30.0. The molecule has 4 nitrogen and oxygen atoms in total. The number of carbonyl (C=O) groups excluding carboxylic acids is 1. The summed E-state index contributed by atoms with van der Waals surface area (Å²) < 4.78 is 13.0. The lowest BCUT2D eigenvalue weighted by atomic mass is 9.81. The topological polar surface area (TPSA) is 42.1 Å². The molecule has 5 heteroatoms. The zero-order valence-electron chi connectivity index (χ0n) is 16.6. The van der Waals surface area contributed by atoms with Gasteiger partial charge in [0.15, 0.2) is 0 Å². The number of amides is 1. The summed E-state index contributed by atoms with van der Waals surface area (Å²) in [6.45, 7) is 3.53. The quantitative estimate of drug-likeness (QED) is 0.515. The Morgan fingerprint density at radius 2 is 1.83 bits per heavy atom. The first-order chi connectivity index (χ1) is 14.0. The van der Waals surface area contributed by atoms with Gasteiger partial charge in [-0.1, -0.05) is 58.4 Å². The number of cyclic esters (lactones) is 1. The molecule has 2 heterocycles. The van der Waals surface area contributed by atoms with E-state index in [0.29, 0.717) is 18.9 Å². The highest BCUT2D eigenvalue weighted by atomic mass is 79.9. The van der Waals surface area contributed by atoms with E-state index in [1.807, 2.05) is 23.1 Å². The van der Waals surface area contributed by atoms with Crippen molar-refractivity contribution < 1.29 is 14.3 Å². The third-order valence-electron chi connectivity index (χ3n) is 6.49. The molecule has 0 radical (unpaired) electrons. The fourth-order valence-corrected chi connectivity index (χ4v) is 4.97. The van der Waals surface area contributed by atoms with Crippen LogP contribution < -0.4 is 0 Å². The van der Waals surface area contributed by atoms with Crippen LogP contribution >= 0.6 is 15.9 Å². The molecule has 152 valence electrons. The highest BCUT2D eigenvalue weighted by molar-refractivity contribution is 9.10. The van der Waals surface area contributed by atoms with Gasteiger partial charge in [0.2, 0.25) is 0 Å². The van der Waals surface area contributed by atoms with E-state index in [0.717, 1.165) is 23.1 Å². The number of benzene rings is 2. The lowest BCUT2D eigenvalue weighted by molar-refractivity contribution is -0.0780. The first-order valence-corrected chi connectivity index (χ1v) is 11.2. The molecule has 29 heavy (non-hydrogen) atoms. The molecule has 0 spiro atoms. The third-order valence-corrected chi connectivity index (χ3v) is 7.01. The van der Waals surface area contributed by atoms with E-state index in [2.05, 4.69) is 59.3 Å². The monoisotopic (exact) mass is 455 g/mol. The van der Waals surface area contributed by atoms with Gasteiger partial charge in [-0.2, -0.15) is 0 Å². The molecule has 2 aromatic carbocycles. The third kappa shape index (κ3) is 3.82. The highest BCUT2D eigenvalue weighted by Gasteiger charge is 2.53. The van der Waals surface area contributed by atoms with E-state index < -0.39 is 5.60 Å². The van der Waals surface area contributed by atoms with Crippen molar-refractivity contribution in [3.63, 3.8) is 0 Å². The van der Waals surface area contributed by atoms with Crippen LogP contribution in [-0.4, -0.2) is 29.7 Å².